The number of carbonyl (C=O) groups is 2. The van der Waals surface area contributed by atoms with E-state index >= 15 is 0 Å². The van der Waals surface area contributed by atoms with Crippen LogP contribution >= 0.6 is 0 Å². The fourth-order valence-corrected chi connectivity index (χ4v) is 3.34. The van der Waals surface area contributed by atoms with Gasteiger partial charge in [-0.15, -0.1) is 0 Å². The number of hydrogen-bond donors (Lipinski definition) is 1. The molecule has 0 radical (unpaired) electrons. The van der Waals surface area contributed by atoms with Gasteiger partial charge in [0, 0.05) is 12.6 Å². The van der Waals surface area contributed by atoms with Crippen LogP contribution in [0.1, 0.15) is 49.4 Å². The van der Waals surface area contributed by atoms with E-state index < -0.39 is 6.04 Å². The molecule has 1 atom stereocenters. The maximum Gasteiger partial charge on any atom is 0.261 e. The summed E-state index contributed by atoms with van der Waals surface area (Å²) in [4.78, 5) is 27.6. The summed E-state index contributed by atoms with van der Waals surface area (Å²) in [5.41, 5.74) is 4.39. The van der Waals surface area contributed by atoms with Crippen LogP contribution in [0, 0.1) is 20.8 Å². The molecule has 0 aliphatic carbocycles. The molecule has 5 nitrogen and oxygen atoms in total. The number of rotatable bonds is 9. The number of benzene rings is 2. The number of hydrogen-bond acceptors (Lipinski definition) is 3. The predicted octanol–water partition coefficient (Wildman–Crippen LogP) is 4.32. The Bertz CT molecular complexity index is 876. The van der Waals surface area contributed by atoms with Gasteiger partial charge in [-0.2, -0.15) is 0 Å². The maximum atomic E-state index is 13.2. The van der Waals surface area contributed by atoms with E-state index in [9.17, 15) is 9.59 Å². The molecule has 0 fully saturated rings. The monoisotopic (exact) mass is 410 g/mol. The summed E-state index contributed by atoms with van der Waals surface area (Å²) in [5.74, 6) is 0.307. The van der Waals surface area contributed by atoms with Crippen LogP contribution < -0.4 is 10.1 Å². The molecule has 5 heteroatoms. The van der Waals surface area contributed by atoms with Gasteiger partial charge < -0.3 is 15.0 Å². The number of ether oxygens (including phenoxy) is 1. The van der Waals surface area contributed by atoms with E-state index in [0.717, 1.165) is 16.7 Å². The molecule has 0 aromatic heterocycles. The van der Waals surface area contributed by atoms with Gasteiger partial charge in [-0.1, -0.05) is 42.8 Å². The first-order chi connectivity index (χ1) is 14.2. The third kappa shape index (κ3) is 6.61. The fourth-order valence-electron chi connectivity index (χ4n) is 3.34. The highest BCUT2D eigenvalue weighted by Crippen LogP contribution is 2.18. The third-order valence-electron chi connectivity index (χ3n) is 5.09. The summed E-state index contributed by atoms with van der Waals surface area (Å²) in [6, 6.07) is 13.2. The summed E-state index contributed by atoms with van der Waals surface area (Å²) in [5, 5.41) is 2.94. The van der Waals surface area contributed by atoms with Gasteiger partial charge in [0.2, 0.25) is 5.91 Å². The highest BCUT2D eigenvalue weighted by molar-refractivity contribution is 5.88. The lowest BCUT2D eigenvalue weighted by Gasteiger charge is -2.31. The number of amides is 2. The van der Waals surface area contributed by atoms with E-state index in [-0.39, 0.29) is 24.5 Å². The van der Waals surface area contributed by atoms with Gasteiger partial charge in [-0.05, 0) is 69.9 Å². The lowest BCUT2D eigenvalue weighted by Crippen LogP contribution is -2.51. The molecular weight excluding hydrogens is 376 g/mol. The van der Waals surface area contributed by atoms with Gasteiger partial charge in [0.1, 0.15) is 11.8 Å². The Kier molecular flexibility index (Phi) is 8.46. The van der Waals surface area contributed by atoms with Crippen molar-refractivity contribution in [1.29, 1.82) is 0 Å². The SMILES string of the molecule is CC[C@@H](C(=O)NC(C)C)N(Cc1cccc(C)c1)C(=O)COc1ccc(C)c(C)c1. The van der Waals surface area contributed by atoms with Crippen molar-refractivity contribution in [2.45, 2.75) is 66.6 Å². The molecule has 0 spiro atoms. The summed E-state index contributed by atoms with van der Waals surface area (Å²) in [6.07, 6.45) is 0.528. The smallest absolute Gasteiger partial charge is 0.261 e. The number of nitrogens with zero attached hydrogens (tertiary/aromatic N) is 1. The molecular formula is C25H34N2O3. The van der Waals surface area contributed by atoms with Gasteiger partial charge in [0.05, 0.1) is 0 Å². The average Bonchev–Trinajstić information content (AvgIpc) is 2.68. The van der Waals surface area contributed by atoms with Crippen molar-refractivity contribution in [3.63, 3.8) is 0 Å². The van der Waals surface area contributed by atoms with E-state index in [2.05, 4.69) is 5.32 Å². The number of nitrogens with one attached hydrogen (secondary N) is 1. The van der Waals surface area contributed by atoms with E-state index in [4.69, 9.17) is 4.74 Å². The molecule has 2 aromatic rings. The first kappa shape index (κ1) is 23.5. The lowest BCUT2D eigenvalue weighted by molar-refractivity contribution is -0.143. The summed E-state index contributed by atoms with van der Waals surface area (Å²) < 4.78 is 5.78. The lowest BCUT2D eigenvalue weighted by atomic mass is 10.1. The Morgan fingerprint density at radius 1 is 1.03 bits per heavy atom. The van der Waals surface area contributed by atoms with Crippen LogP contribution in [-0.4, -0.2) is 35.4 Å². The van der Waals surface area contributed by atoms with Gasteiger partial charge in [0.25, 0.3) is 5.91 Å². The zero-order valence-corrected chi connectivity index (χ0v) is 19.0. The quantitative estimate of drug-likeness (QED) is 0.670. The number of carbonyl (C=O) groups excluding carboxylic acids is 2. The zero-order valence-electron chi connectivity index (χ0n) is 19.0. The Morgan fingerprint density at radius 2 is 1.77 bits per heavy atom. The van der Waals surface area contributed by atoms with E-state index in [1.807, 2.05) is 84.0 Å². The van der Waals surface area contributed by atoms with Crippen LogP contribution in [0.4, 0.5) is 0 Å². The second kappa shape index (κ2) is 10.8. The van der Waals surface area contributed by atoms with Crippen LogP contribution in [0.15, 0.2) is 42.5 Å². The Hall–Kier alpha value is -2.82. The minimum atomic E-state index is -0.552. The second-order valence-electron chi connectivity index (χ2n) is 8.13. The Labute approximate surface area is 180 Å². The van der Waals surface area contributed by atoms with Gasteiger partial charge in [-0.25, -0.2) is 0 Å². The average molecular weight is 411 g/mol. The maximum absolute atomic E-state index is 13.2. The summed E-state index contributed by atoms with van der Waals surface area (Å²) >= 11 is 0. The normalized spacial score (nSPS) is 11.8. The van der Waals surface area contributed by atoms with Crippen molar-refractivity contribution in [3.8, 4) is 5.75 Å². The molecule has 0 aliphatic rings. The third-order valence-corrected chi connectivity index (χ3v) is 5.09. The molecule has 0 saturated heterocycles. The molecule has 0 saturated carbocycles. The topological polar surface area (TPSA) is 58.6 Å². The molecule has 0 unspecified atom stereocenters. The summed E-state index contributed by atoms with van der Waals surface area (Å²) in [7, 11) is 0. The highest BCUT2D eigenvalue weighted by Gasteiger charge is 2.29. The molecule has 2 rings (SSSR count). The molecule has 2 aromatic carbocycles. The Balaban J connectivity index is 2.22. The molecule has 1 N–H and O–H groups in total. The minimum Gasteiger partial charge on any atom is -0.484 e. The van der Waals surface area contributed by atoms with Crippen molar-refractivity contribution in [2.24, 2.45) is 0 Å². The van der Waals surface area contributed by atoms with E-state index in [0.29, 0.717) is 18.7 Å². The second-order valence-corrected chi connectivity index (χ2v) is 8.13. The molecule has 2 amide bonds. The molecule has 0 bridgehead atoms. The molecule has 0 aliphatic heterocycles. The van der Waals surface area contributed by atoms with Crippen LogP contribution in [0.2, 0.25) is 0 Å². The first-order valence-electron chi connectivity index (χ1n) is 10.6. The zero-order chi connectivity index (χ0) is 22.3. The van der Waals surface area contributed by atoms with E-state index in [1.54, 1.807) is 4.90 Å². The Morgan fingerprint density at radius 3 is 2.37 bits per heavy atom. The van der Waals surface area contributed by atoms with Crippen molar-refractivity contribution in [3.05, 3.63) is 64.7 Å². The van der Waals surface area contributed by atoms with Crippen LogP contribution in [0.3, 0.4) is 0 Å². The fraction of sp³-hybridized carbons (Fsp3) is 0.440. The van der Waals surface area contributed by atoms with Gasteiger partial charge in [-0.3, -0.25) is 9.59 Å². The van der Waals surface area contributed by atoms with Crippen molar-refractivity contribution < 1.29 is 14.3 Å². The standard InChI is InChI=1S/C25H34N2O3/c1-7-23(25(29)26-17(2)3)27(15-21-10-8-9-18(4)13-21)24(28)16-30-22-12-11-19(5)20(6)14-22/h8-14,17,23H,7,15-16H2,1-6H3,(H,26,29)/t23-/m0/s1. The van der Waals surface area contributed by atoms with Crippen LogP contribution in [0.5, 0.6) is 5.75 Å². The summed E-state index contributed by atoms with van der Waals surface area (Å²) in [6.45, 7) is 12.1. The highest BCUT2D eigenvalue weighted by atomic mass is 16.5. The molecule has 162 valence electrons. The van der Waals surface area contributed by atoms with Gasteiger partial charge in [0.15, 0.2) is 6.61 Å². The molecule has 30 heavy (non-hydrogen) atoms. The van der Waals surface area contributed by atoms with E-state index in [1.165, 1.54) is 5.56 Å². The largest absolute Gasteiger partial charge is 0.484 e. The minimum absolute atomic E-state index is 0.00857. The number of aryl methyl sites for hydroxylation is 3. The van der Waals surface area contributed by atoms with Crippen molar-refractivity contribution in [1.82, 2.24) is 10.2 Å². The van der Waals surface area contributed by atoms with Crippen molar-refractivity contribution >= 4 is 11.8 Å². The first-order valence-corrected chi connectivity index (χ1v) is 10.6. The van der Waals surface area contributed by atoms with Crippen LogP contribution in [-0.2, 0) is 16.1 Å². The van der Waals surface area contributed by atoms with Gasteiger partial charge >= 0.3 is 0 Å². The van der Waals surface area contributed by atoms with Crippen molar-refractivity contribution in [2.75, 3.05) is 6.61 Å². The predicted molar refractivity (Wildman–Crippen MR) is 120 cm³/mol. The van der Waals surface area contributed by atoms with Crippen LogP contribution in [0.25, 0.3) is 0 Å². The molecule has 0 heterocycles.